The van der Waals surface area contributed by atoms with Crippen molar-refractivity contribution >= 4 is 11.9 Å². The molecule has 1 rings (SSSR count). The van der Waals surface area contributed by atoms with E-state index in [1.807, 2.05) is 0 Å². The van der Waals surface area contributed by atoms with Crippen molar-refractivity contribution in [2.24, 2.45) is 0 Å². The van der Waals surface area contributed by atoms with Gasteiger partial charge >= 0.3 is 11.9 Å². The Labute approximate surface area is 68.3 Å². The SMILES string of the molecule is CC(=O)OC(=O)c1cnoc1C. The van der Waals surface area contributed by atoms with E-state index in [9.17, 15) is 9.59 Å². The number of hydrogen-bond donors (Lipinski definition) is 0. The van der Waals surface area contributed by atoms with Crippen molar-refractivity contribution in [2.75, 3.05) is 0 Å². The Morgan fingerprint density at radius 3 is 2.67 bits per heavy atom. The van der Waals surface area contributed by atoms with Gasteiger partial charge in [-0.05, 0) is 6.92 Å². The number of nitrogens with zero attached hydrogens (tertiary/aromatic N) is 1. The highest BCUT2D eigenvalue weighted by Gasteiger charge is 2.15. The molecule has 12 heavy (non-hydrogen) atoms. The second kappa shape index (κ2) is 3.17. The van der Waals surface area contributed by atoms with Crippen LogP contribution in [-0.2, 0) is 9.53 Å². The lowest BCUT2D eigenvalue weighted by Gasteiger charge is -1.95. The van der Waals surface area contributed by atoms with E-state index in [1.165, 1.54) is 6.20 Å². The molecule has 0 aliphatic heterocycles. The van der Waals surface area contributed by atoms with Crippen LogP contribution in [0.15, 0.2) is 10.7 Å². The molecule has 0 unspecified atom stereocenters. The second-order valence-electron chi connectivity index (χ2n) is 2.18. The molecule has 0 spiro atoms. The third kappa shape index (κ3) is 1.69. The minimum absolute atomic E-state index is 0.171. The standard InChI is InChI=1S/C7H7NO4/c1-4-6(3-8-12-4)7(10)11-5(2)9/h3H,1-2H3. The quantitative estimate of drug-likeness (QED) is 0.456. The Morgan fingerprint density at radius 1 is 1.58 bits per heavy atom. The lowest BCUT2D eigenvalue weighted by molar-refractivity contribution is -0.135. The van der Waals surface area contributed by atoms with E-state index < -0.39 is 11.9 Å². The third-order valence-corrected chi connectivity index (χ3v) is 1.21. The number of rotatable bonds is 1. The summed E-state index contributed by atoms with van der Waals surface area (Å²) in [5, 5.41) is 3.36. The Bertz CT molecular complexity index is 315. The zero-order valence-corrected chi connectivity index (χ0v) is 6.66. The molecule has 5 nitrogen and oxygen atoms in total. The summed E-state index contributed by atoms with van der Waals surface area (Å²) < 4.78 is 8.90. The molecule has 0 saturated carbocycles. The van der Waals surface area contributed by atoms with Gasteiger partial charge in [0.15, 0.2) is 0 Å². The molecule has 64 valence electrons. The summed E-state index contributed by atoms with van der Waals surface area (Å²) in [4.78, 5) is 21.4. The molecule has 0 aliphatic carbocycles. The summed E-state index contributed by atoms with van der Waals surface area (Å²) in [7, 11) is 0. The molecule has 0 bridgehead atoms. The van der Waals surface area contributed by atoms with Crippen molar-refractivity contribution in [2.45, 2.75) is 13.8 Å². The molecule has 1 aromatic heterocycles. The van der Waals surface area contributed by atoms with Crippen LogP contribution < -0.4 is 0 Å². The smallest absolute Gasteiger partial charge is 0.351 e. The average molecular weight is 169 g/mol. The molecule has 0 saturated heterocycles. The predicted molar refractivity (Wildman–Crippen MR) is 37.3 cm³/mol. The van der Waals surface area contributed by atoms with Crippen LogP contribution in [0.2, 0.25) is 0 Å². The summed E-state index contributed by atoms with van der Waals surface area (Å²) in [5.74, 6) is -1.05. The topological polar surface area (TPSA) is 69.4 Å². The van der Waals surface area contributed by atoms with E-state index in [-0.39, 0.29) is 5.56 Å². The van der Waals surface area contributed by atoms with Gasteiger partial charge in [-0.15, -0.1) is 0 Å². The van der Waals surface area contributed by atoms with Crippen LogP contribution in [0.5, 0.6) is 0 Å². The first-order chi connectivity index (χ1) is 5.61. The molecule has 0 aliphatic rings. The summed E-state index contributed by atoms with van der Waals surface area (Å²) in [6.45, 7) is 2.71. The monoisotopic (exact) mass is 169 g/mol. The fraction of sp³-hybridized carbons (Fsp3) is 0.286. The third-order valence-electron chi connectivity index (χ3n) is 1.21. The van der Waals surface area contributed by atoms with Crippen molar-refractivity contribution < 1.29 is 18.8 Å². The van der Waals surface area contributed by atoms with E-state index in [1.54, 1.807) is 6.92 Å². The largest absolute Gasteiger partial charge is 0.389 e. The molecule has 0 amide bonds. The Morgan fingerprint density at radius 2 is 2.25 bits per heavy atom. The van der Waals surface area contributed by atoms with Crippen LogP contribution in [0.4, 0.5) is 0 Å². The lowest BCUT2D eigenvalue weighted by atomic mass is 10.3. The van der Waals surface area contributed by atoms with Gasteiger partial charge in [0, 0.05) is 6.92 Å². The number of carbonyl (C=O) groups excluding carboxylic acids is 2. The maximum absolute atomic E-state index is 11.0. The molecule has 0 aromatic carbocycles. The molecular formula is C7H7NO4. The fourth-order valence-corrected chi connectivity index (χ4v) is 0.680. The molecule has 0 atom stereocenters. The zero-order chi connectivity index (χ0) is 9.14. The number of ether oxygens (including phenoxy) is 1. The highest BCUT2D eigenvalue weighted by atomic mass is 16.6. The van der Waals surface area contributed by atoms with Crippen LogP contribution in [0, 0.1) is 6.92 Å². The summed E-state index contributed by atoms with van der Waals surface area (Å²) in [5.41, 5.74) is 0.171. The summed E-state index contributed by atoms with van der Waals surface area (Å²) >= 11 is 0. The lowest BCUT2D eigenvalue weighted by Crippen LogP contribution is -2.09. The van der Waals surface area contributed by atoms with Gasteiger partial charge in [0.1, 0.15) is 11.3 Å². The van der Waals surface area contributed by atoms with Crippen LogP contribution >= 0.6 is 0 Å². The predicted octanol–water partition coefficient (Wildman–Crippen LogP) is 0.686. The van der Waals surface area contributed by atoms with Gasteiger partial charge < -0.3 is 9.26 Å². The van der Waals surface area contributed by atoms with E-state index in [0.29, 0.717) is 5.76 Å². The Balaban J connectivity index is 2.78. The van der Waals surface area contributed by atoms with E-state index in [0.717, 1.165) is 6.92 Å². The van der Waals surface area contributed by atoms with Crippen molar-refractivity contribution in [1.82, 2.24) is 5.16 Å². The maximum atomic E-state index is 11.0. The number of carbonyl (C=O) groups is 2. The molecule has 5 heteroatoms. The van der Waals surface area contributed by atoms with Crippen LogP contribution in [-0.4, -0.2) is 17.1 Å². The van der Waals surface area contributed by atoms with Gasteiger partial charge in [0.2, 0.25) is 0 Å². The summed E-state index contributed by atoms with van der Waals surface area (Å²) in [6.07, 6.45) is 1.21. The van der Waals surface area contributed by atoms with Gasteiger partial charge in [0.05, 0.1) is 6.20 Å². The molecule has 0 N–H and O–H groups in total. The average Bonchev–Trinajstić information content (AvgIpc) is 2.33. The van der Waals surface area contributed by atoms with Crippen molar-refractivity contribution in [3.63, 3.8) is 0 Å². The Hall–Kier alpha value is -1.65. The highest BCUT2D eigenvalue weighted by Crippen LogP contribution is 2.07. The van der Waals surface area contributed by atoms with Crippen molar-refractivity contribution in [1.29, 1.82) is 0 Å². The van der Waals surface area contributed by atoms with E-state index in [2.05, 4.69) is 14.4 Å². The summed E-state index contributed by atoms with van der Waals surface area (Å²) in [6, 6.07) is 0. The minimum Gasteiger partial charge on any atom is -0.389 e. The molecular weight excluding hydrogens is 162 g/mol. The fourth-order valence-electron chi connectivity index (χ4n) is 0.680. The molecule has 1 aromatic rings. The normalized spacial score (nSPS) is 9.50. The first-order valence-corrected chi connectivity index (χ1v) is 3.25. The second-order valence-corrected chi connectivity index (χ2v) is 2.18. The molecule has 0 fully saturated rings. The van der Waals surface area contributed by atoms with Crippen LogP contribution in [0.1, 0.15) is 23.0 Å². The van der Waals surface area contributed by atoms with Gasteiger partial charge in [-0.3, -0.25) is 4.79 Å². The molecule has 1 heterocycles. The number of aromatic nitrogens is 1. The zero-order valence-electron chi connectivity index (χ0n) is 6.66. The van der Waals surface area contributed by atoms with Crippen molar-refractivity contribution in [3.05, 3.63) is 17.5 Å². The van der Waals surface area contributed by atoms with E-state index in [4.69, 9.17) is 0 Å². The first kappa shape index (κ1) is 8.45. The van der Waals surface area contributed by atoms with Gasteiger partial charge in [-0.25, -0.2) is 4.79 Å². The highest BCUT2D eigenvalue weighted by molar-refractivity contribution is 5.96. The van der Waals surface area contributed by atoms with Crippen LogP contribution in [0.3, 0.4) is 0 Å². The van der Waals surface area contributed by atoms with Gasteiger partial charge in [-0.2, -0.15) is 0 Å². The first-order valence-electron chi connectivity index (χ1n) is 3.25. The van der Waals surface area contributed by atoms with Crippen molar-refractivity contribution in [3.8, 4) is 0 Å². The number of esters is 2. The number of hydrogen-bond acceptors (Lipinski definition) is 5. The maximum Gasteiger partial charge on any atom is 0.351 e. The van der Waals surface area contributed by atoms with Crippen LogP contribution in [0.25, 0.3) is 0 Å². The Kier molecular flexibility index (Phi) is 2.23. The minimum atomic E-state index is -0.735. The van der Waals surface area contributed by atoms with E-state index >= 15 is 0 Å². The number of aryl methyl sites for hydroxylation is 1. The molecule has 0 radical (unpaired) electrons. The van der Waals surface area contributed by atoms with Gasteiger partial charge in [-0.1, -0.05) is 5.16 Å². The van der Waals surface area contributed by atoms with Gasteiger partial charge in [0.25, 0.3) is 0 Å².